The second-order valence-electron chi connectivity index (χ2n) is 8.86. The number of nitrogens with zero attached hydrogens (tertiary/aromatic N) is 2. The number of benzene rings is 2. The number of hydrogen-bond acceptors (Lipinski definition) is 6. The summed E-state index contributed by atoms with van der Waals surface area (Å²) >= 11 is 0. The lowest BCUT2D eigenvalue weighted by Gasteiger charge is -2.34. The average molecular weight is 404 g/mol. The Hall–Kier alpha value is -3.48. The van der Waals surface area contributed by atoms with Gasteiger partial charge in [-0.05, 0) is 41.8 Å². The largest absolute Gasteiger partial charge is 0.493 e. The van der Waals surface area contributed by atoms with Crippen LogP contribution in [0, 0.1) is 5.41 Å². The van der Waals surface area contributed by atoms with Crippen LogP contribution in [0.25, 0.3) is 11.4 Å². The van der Waals surface area contributed by atoms with Crippen LogP contribution in [0.15, 0.2) is 53.8 Å². The first-order valence-electron chi connectivity index (χ1n) is 9.92. The number of rotatable bonds is 3. The van der Waals surface area contributed by atoms with Crippen molar-refractivity contribution in [1.82, 2.24) is 9.97 Å². The van der Waals surface area contributed by atoms with E-state index in [-0.39, 0.29) is 11.4 Å². The fourth-order valence-electron chi connectivity index (χ4n) is 3.79. The fourth-order valence-corrected chi connectivity index (χ4v) is 3.79. The van der Waals surface area contributed by atoms with Crippen LogP contribution in [-0.4, -0.2) is 29.2 Å². The third-order valence-corrected chi connectivity index (χ3v) is 5.22. The molecular formula is C23H24N4O3. The van der Waals surface area contributed by atoms with Gasteiger partial charge in [-0.1, -0.05) is 20.8 Å². The summed E-state index contributed by atoms with van der Waals surface area (Å²) in [6.07, 6.45) is 3.52. The first-order valence-corrected chi connectivity index (χ1v) is 9.92. The van der Waals surface area contributed by atoms with Crippen LogP contribution in [0.3, 0.4) is 0 Å². The van der Waals surface area contributed by atoms with Crippen molar-refractivity contribution in [2.75, 3.05) is 13.2 Å². The van der Waals surface area contributed by atoms with Gasteiger partial charge < -0.3 is 24.9 Å². The van der Waals surface area contributed by atoms with Crippen LogP contribution >= 0.6 is 0 Å². The van der Waals surface area contributed by atoms with Crippen molar-refractivity contribution >= 4 is 6.02 Å². The first-order chi connectivity index (χ1) is 14.3. The van der Waals surface area contributed by atoms with Crippen molar-refractivity contribution < 1.29 is 14.2 Å². The minimum Gasteiger partial charge on any atom is -0.493 e. The zero-order valence-corrected chi connectivity index (χ0v) is 17.2. The molecule has 0 saturated carbocycles. The molecule has 0 aliphatic carbocycles. The molecule has 7 heteroatoms. The van der Waals surface area contributed by atoms with Crippen molar-refractivity contribution in [3.05, 3.63) is 59.9 Å². The third-order valence-electron chi connectivity index (χ3n) is 5.22. The Morgan fingerprint density at radius 3 is 2.57 bits per heavy atom. The van der Waals surface area contributed by atoms with Crippen molar-refractivity contribution in [2.24, 2.45) is 16.1 Å². The number of hydrogen-bond donors (Lipinski definition) is 2. The fraction of sp³-hybridized carbons (Fsp3) is 0.304. The Balaban J connectivity index is 1.63. The molecule has 0 bridgehead atoms. The molecule has 2 aliphatic rings. The molecule has 0 radical (unpaired) electrons. The maximum absolute atomic E-state index is 6.22. The Kier molecular flexibility index (Phi) is 4.03. The number of aromatic amines is 1. The Morgan fingerprint density at radius 1 is 1.13 bits per heavy atom. The molecule has 5 rings (SSSR count). The van der Waals surface area contributed by atoms with Crippen LogP contribution in [-0.2, 0) is 10.3 Å². The van der Waals surface area contributed by atoms with E-state index in [1.165, 1.54) is 0 Å². The van der Waals surface area contributed by atoms with Crippen LogP contribution in [0.4, 0.5) is 0 Å². The number of amidine groups is 1. The minimum atomic E-state index is -0.795. The summed E-state index contributed by atoms with van der Waals surface area (Å²) in [7, 11) is 0. The molecule has 3 heterocycles. The summed E-state index contributed by atoms with van der Waals surface area (Å²) in [5.41, 5.74) is 7.93. The lowest BCUT2D eigenvalue weighted by Crippen LogP contribution is -2.31. The number of ether oxygens (including phenoxy) is 3. The molecule has 0 fully saturated rings. The van der Waals surface area contributed by atoms with Gasteiger partial charge in [-0.2, -0.15) is 0 Å². The number of nitrogens with two attached hydrogens (primary N) is 1. The number of imidazole rings is 1. The molecule has 154 valence electrons. The summed E-state index contributed by atoms with van der Waals surface area (Å²) in [6.45, 7) is 7.31. The van der Waals surface area contributed by atoms with E-state index < -0.39 is 5.54 Å². The molecule has 3 aromatic rings. The molecule has 1 aromatic heterocycles. The highest BCUT2D eigenvalue weighted by Crippen LogP contribution is 2.52. The molecule has 0 saturated heterocycles. The summed E-state index contributed by atoms with van der Waals surface area (Å²) in [4.78, 5) is 12.2. The molecule has 2 aromatic carbocycles. The summed E-state index contributed by atoms with van der Waals surface area (Å²) in [6, 6.07) is 11.9. The van der Waals surface area contributed by atoms with Crippen molar-refractivity contribution in [3.8, 4) is 28.6 Å². The Bertz CT molecular complexity index is 1130. The monoisotopic (exact) mass is 404 g/mol. The summed E-state index contributed by atoms with van der Waals surface area (Å²) in [5, 5.41) is 0. The standard InChI is InChI=1S/C23H24N4O3/c1-22(2,3)12-28-15-5-7-19-17(11-15)23(13-29-21(24)27-23)16-10-14(4-6-18(16)30-19)20-25-8-9-26-20/h4-11H,12-13H2,1-3H3,(H2,24,27)(H,25,26). The quantitative estimate of drug-likeness (QED) is 0.682. The number of aliphatic imine (C=N–C) groups is 1. The summed E-state index contributed by atoms with van der Waals surface area (Å²) < 4.78 is 17.9. The average Bonchev–Trinajstić information content (AvgIpc) is 3.37. The van der Waals surface area contributed by atoms with Gasteiger partial charge in [-0.3, -0.25) is 0 Å². The highest BCUT2D eigenvalue weighted by atomic mass is 16.5. The second kappa shape index (κ2) is 6.52. The molecule has 30 heavy (non-hydrogen) atoms. The second-order valence-corrected chi connectivity index (χ2v) is 8.86. The minimum absolute atomic E-state index is 0.0493. The van der Waals surface area contributed by atoms with E-state index in [9.17, 15) is 0 Å². The van der Waals surface area contributed by atoms with Crippen LogP contribution < -0.4 is 15.2 Å². The Morgan fingerprint density at radius 2 is 1.90 bits per heavy atom. The van der Waals surface area contributed by atoms with Gasteiger partial charge in [0.2, 0.25) is 0 Å². The van der Waals surface area contributed by atoms with Crippen molar-refractivity contribution in [1.29, 1.82) is 0 Å². The van der Waals surface area contributed by atoms with E-state index in [2.05, 4.69) is 30.7 Å². The highest BCUT2D eigenvalue weighted by molar-refractivity contribution is 5.77. The number of H-pyrrole nitrogens is 1. The predicted molar refractivity (Wildman–Crippen MR) is 114 cm³/mol. The van der Waals surface area contributed by atoms with E-state index in [0.29, 0.717) is 13.2 Å². The molecule has 3 N–H and O–H groups in total. The Labute approximate surface area is 174 Å². The van der Waals surface area contributed by atoms with Gasteiger partial charge in [0.1, 0.15) is 29.7 Å². The molecule has 7 nitrogen and oxygen atoms in total. The van der Waals surface area contributed by atoms with Gasteiger partial charge in [0.05, 0.1) is 6.61 Å². The lowest BCUT2D eigenvalue weighted by atomic mass is 9.80. The maximum Gasteiger partial charge on any atom is 0.283 e. The van der Waals surface area contributed by atoms with Crippen LogP contribution in [0.1, 0.15) is 31.9 Å². The highest BCUT2D eigenvalue weighted by Gasteiger charge is 2.47. The molecule has 2 aliphatic heterocycles. The smallest absolute Gasteiger partial charge is 0.283 e. The SMILES string of the molecule is CC(C)(C)COc1ccc2c(c1)C1(COC(N)=N1)c1cc(-c3ncc[nH]3)ccc1O2. The van der Waals surface area contributed by atoms with Gasteiger partial charge in [0.15, 0.2) is 5.54 Å². The van der Waals surface area contributed by atoms with Crippen molar-refractivity contribution in [3.63, 3.8) is 0 Å². The van der Waals surface area contributed by atoms with Gasteiger partial charge in [-0.15, -0.1) is 0 Å². The zero-order chi connectivity index (χ0) is 20.9. The molecule has 1 spiro atoms. The lowest BCUT2D eigenvalue weighted by molar-refractivity contribution is 0.197. The third kappa shape index (κ3) is 3.07. The van der Waals surface area contributed by atoms with Gasteiger partial charge in [-0.25, -0.2) is 9.98 Å². The molecule has 0 amide bonds. The number of aromatic nitrogens is 2. The molecule has 1 atom stereocenters. The summed E-state index contributed by atoms with van der Waals surface area (Å²) in [5.74, 6) is 2.98. The van der Waals surface area contributed by atoms with E-state index in [1.807, 2.05) is 36.4 Å². The van der Waals surface area contributed by atoms with E-state index in [4.69, 9.17) is 24.9 Å². The number of nitrogens with one attached hydrogen (secondary N) is 1. The normalized spacial score (nSPS) is 19.5. The maximum atomic E-state index is 6.22. The van der Waals surface area contributed by atoms with Gasteiger partial charge in [0, 0.05) is 29.1 Å². The topological polar surface area (TPSA) is 94.8 Å². The molecule has 1 unspecified atom stereocenters. The van der Waals surface area contributed by atoms with E-state index in [1.54, 1.807) is 12.4 Å². The van der Waals surface area contributed by atoms with Crippen LogP contribution in [0.5, 0.6) is 17.2 Å². The van der Waals surface area contributed by atoms with Crippen LogP contribution in [0.2, 0.25) is 0 Å². The first kappa shape index (κ1) is 18.5. The van der Waals surface area contributed by atoms with E-state index in [0.717, 1.165) is 39.8 Å². The zero-order valence-electron chi connectivity index (χ0n) is 17.2. The van der Waals surface area contributed by atoms with E-state index >= 15 is 0 Å². The van der Waals surface area contributed by atoms with Crippen molar-refractivity contribution in [2.45, 2.75) is 26.3 Å². The predicted octanol–water partition coefficient (Wildman–Crippen LogP) is 4.20. The van der Waals surface area contributed by atoms with Gasteiger partial charge in [0.25, 0.3) is 6.02 Å². The molecular weight excluding hydrogens is 380 g/mol. The number of fused-ring (bicyclic) bond motifs is 4. The van der Waals surface area contributed by atoms with Gasteiger partial charge >= 0.3 is 0 Å².